The second-order valence-electron chi connectivity index (χ2n) is 8.59. The van der Waals surface area contributed by atoms with Crippen molar-refractivity contribution in [2.75, 3.05) is 26.9 Å². The van der Waals surface area contributed by atoms with Crippen LogP contribution in [-0.2, 0) is 4.79 Å². The summed E-state index contributed by atoms with van der Waals surface area (Å²) in [5.74, 6) is 2.66. The van der Waals surface area contributed by atoms with Gasteiger partial charge in [-0.05, 0) is 60.2 Å². The maximum absolute atomic E-state index is 12.6. The lowest BCUT2D eigenvalue weighted by Crippen LogP contribution is -2.27. The van der Waals surface area contributed by atoms with Crippen molar-refractivity contribution in [3.05, 3.63) is 71.2 Å². The van der Waals surface area contributed by atoms with E-state index in [1.165, 1.54) is 54.3 Å². The first-order valence-electron chi connectivity index (χ1n) is 12.0. The van der Waals surface area contributed by atoms with Crippen molar-refractivity contribution in [1.82, 2.24) is 4.90 Å². The lowest BCUT2D eigenvalue weighted by molar-refractivity contribution is -0.121. The molecular formula is C28H31NO4S2. The average Bonchev–Trinajstić information content (AvgIpc) is 3.15. The van der Waals surface area contributed by atoms with E-state index in [9.17, 15) is 4.79 Å². The van der Waals surface area contributed by atoms with Crippen LogP contribution in [0.3, 0.4) is 0 Å². The molecule has 1 heterocycles. The molecule has 0 radical (unpaired) electrons. The van der Waals surface area contributed by atoms with Gasteiger partial charge in [0.2, 0.25) is 0 Å². The van der Waals surface area contributed by atoms with Crippen LogP contribution in [0.5, 0.6) is 17.2 Å². The zero-order valence-corrected chi connectivity index (χ0v) is 21.7. The molecule has 184 valence electrons. The monoisotopic (exact) mass is 509 g/mol. The topological polar surface area (TPSA) is 48.0 Å². The van der Waals surface area contributed by atoms with Gasteiger partial charge in [-0.3, -0.25) is 9.69 Å². The van der Waals surface area contributed by atoms with E-state index in [2.05, 4.69) is 30.8 Å². The van der Waals surface area contributed by atoms with Crippen molar-refractivity contribution in [1.29, 1.82) is 0 Å². The number of hydrogen-bond acceptors (Lipinski definition) is 6. The minimum Gasteiger partial charge on any atom is -0.493 e. The van der Waals surface area contributed by atoms with Gasteiger partial charge in [0.1, 0.15) is 23.3 Å². The number of thiocarbonyl (C=S) groups is 1. The van der Waals surface area contributed by atoms with E-state index in [0.29, 0.717) is 46.4 Å². The van der Waals surface area contributed by atoms with Crippen LogP contribution < -0.4 is 14.2 Å². The molecule has 0 unspecified atom stereocenters. The van der Waals surface area contributed by atoms with Crippen LogP contribution in [0.25, 0.3) is 6.08 Å². The fourth-order valence-electron chi connectivity index (χ4n) is 4.41. The lowest BCUT2D eigenvalue weighted by atomic mass is 9.84. The Bertz CT molecular complexity index is 1090. The summed E-state index contributed by atoms with van der Waals surface area (Å²) >= 11 is 6.59. The fourth-order valence-corrected chi connectivity index (χ4v) is 5.69. The first kappa shape index (κ1) is 25.3. The number of carbonyl (C=O) groups excluding carboxylic acids is 1. The van der Waals surface area contributed by atoms with Gasteiger partial charge in [-0.15, -0.1) is 6.58 Å². The molecule has 2 aromatic carbocycles. The lowest BCUT2D eigenvalue weighted by Gasteiger charge is -2.22. The molecule has 7 heteroatoms. The van der Waals surface area contributed by atoms with Crippen molar-refractivity contribution in [3.63, 3.8) is 0 Å². The number of ether oxygens (including phenoxy) is 3. The van der Waals surface area contributed by atoms with Gasteiger partial charge in [-0.2, -0.15) is 0 Å². The Hall–Kier alpha value is -2.77. The molecule has 2 aliphatic rings. The highest BCUT2D eigenvalue weighted by molar-refractivity contribution is 8.26. The predicted molar refractivity (Wildman–Crippen MR) is 146 cm³/mol. The number of nitrogens with zero attached hydrogens (tertiary/aromatic N) is 1. The van der Waals surface area contributed by atoms with E-state index in [4.69, 9.17) is 26.4 Å². The van der Waals surface area contributed by atoms with Gasteiger partial charge in [-0.25, -0.2) is 0 Å². The molecular weight excluding hydrogens is 478 g/mol. The Balaban J connectivity index is 1.30. The molecule has 0 aromatic heterocycles. The summed E-state index contributed by atoms with van der Waals surface area (Å²) in [5.41, 5.74) is 2.25. The highest BCUT2D eigenvalue weighted by Gasteiger charge is 2.31. The summed E-state index contributed by atoms with van der Waals surface area (Å²) in [7, 11) is 1.60. The van der Waals surface area contributed by atoms with Gasteiger partial charge >= 0.3 is 0 Å². The Morgan fingerprint density at radius 3 is 2.51 bits per heavy atom. The molecule has 1 saturated heterocycles. The molecule has 1 aliphatic carbocycles. The van der Waals surface area contributed by atoms with Gasteiger partial charge in [0, 0.05) is 6.54 Å². The Morgan fingerprint density at radius 2 is 1.80 bits per heavy atom. The van der Waals surface area contributed by atoms with Gasteiger partial charge in [0.15, 0.2) is 11.5 Å². The second-order valence-corrected chi connectivity index (χ2v) is 10.3. The van der Waals surface area contributed by atoms with Crippen LogP contribution in [0.15, 0.2) is 60.0 Å². The third-order valence-electron chi connectivity index (χ3n) is 6.24. The van der Waals surface area contributed by atoms with Crippen LogP contribution >= 0.6 is 24.0 Å². The van der Waals surface area contributed by atoms with Crippen LogP contribution in [0, 0.1) is 0 Å². The number of thioether (sulfide) groups is 1. The molecule has 5 nitrogen and oxygen atoms in total. The first-order chi connectivity index (χ1) is 17.1. The first-order valence-corrected chi connectivity index (χ1v) is 13.2. The zero-order valence-electron chi connectivity index (χ0n) is 20.0. The zero-order chi connectivity index (χ0) is 24.6. The Morgan fingerprint density at radius 1 is 1.06 bits per heavy atom. The number of hydrogen-bond donors (Lipinski definition) is 0. The van der Waals surface area contributed by atoms with E-state index in [1.54, 1.807) is 13.2 Å². The SMILES string of the molecule is C=CCN1C(=O)/C(=C/c2ccc(OCCOc3ccc(C4CCCCC4)cc3)c(OC)c2)SC1=S. The summed E-state index contributed by atoms with van der Waals surface area (Å²) < 4.78 is 17.8. The minimum absolute atomic E-state index is 0.108. The van der Waals surface area contributed by atoms with Crippen molar-refractivity contribution < 1.29 is 19.0 Å². The molecule has 2 fully saturated rings. The Labute approximate surface area is 217 Å². The van der Waals surface area contributed by atoms with E-state index < -0.39 is 0 Å². The van der Waals surface area contributed by atoms with Gasteiger partial charge in [-0.1, -0.05) is 67.5 Å². The van der Waals surface area contributed by atoms with Gasteiger partial charge in [0.05, 0.1) is 12.0 Å². The molecule has 35 heavy (non-hydrogen) atoms. The molecule has 0 bridgehead atoms. The molecule has 2 aromatic rings. The second kappa shape index (κ2) is 12.3. The van der Waals surface area contributed by atoms with Crippen molar-refractivity contribution >= 4 is 40.3 Å². The predicted octanol–water partition coefficient (Wildman–Crippen LogP) is 6.59. The summed E-state index contributed by atoms with van der Waals surface area (Å²) in [6, 6.07) is 14.1. The van der Waals surface area contributed by atoms with E-state index in [1.807, 2.05) is 24.3 Å². The summed E-state index contributed by atoms with van der Waals surface area (Å²) in [6.07, 6.45) is 10.1. The third-order valence-corrected chi connectivity index (χ3v) is 7.61. The van der Waals surface area contributed by atoms with Crippen LogP contribution in [0.1, 0.15) is 49.1 Å². The highest BCUT2D eigenvalue weighted by atomic mass is 32.2. The van der Waals surface area contributed by atoms with Crippen molar-refractivity contribution in [2.45, 2.75) is 38.0 Å². The molecule has 1 aliphatic heterocycles. The van der Waals surface area contributed by atoms with Crippen molar-refractivity contribution in [2.24, 2.45) is 0 Å². The number of methoxy groups -OCH3 is 1. The van der Waals surface area contributed by atoms with Crippen molar-refractivity contribution in [3.8, 4) is 17.2 Å². The maximum atomic E-state index is 12.6. The number of carbonyl (C=O) groups is 1. The maximum Gasteiger partial charge on any atom is 0.266 e. The quantitative estimate of drug-likeness (QED) is 0.156. The summed E-state index contributed by atoms with van der Waals surface area (Å²) in [5, 5.41) is 0. The molecule has 4 rings (SSSR count). The van der Waals surface area contributed by atoms with Crippen LogP contribution in [0.2, 0.25) is 0 Å². The molecule has 0 atom stereocenters. The number of rotatable bonds is 10. The minimum atomic E-state index is -0.108. The Kier molecular flexibility index (Phi) is 8.88. The van der Waals surface area contributed by atoms with Gasteiger partial charge < -0.3 is 14.2 Å². The van der Waals surface area contributed by atoms with Crippen LogP contribution in [0.4, 0.5) is 0 Å². The largest absolute Gasteiger partial charge is 0.493 e. The fraction of sp³-hybridized carbons (Fsp3) is 0.357. The molecule has 0 spiro atoms. The smallest absolute Gasteiger partial charge is 0.266 e. The summed E-state index contributed by atoms with van der Waals surface area (Å²) in [4.78, 5) is 14.7. The average molecular weight is 510 g/mol. The third kappa shape index (κ3) is 6.47. The van der Waals surface area contributed by atoms with Gasteiger partial charge in [0.25, 0.3) is 5.91 Å². The van der Waals surface area contributed by atoms with E-state index in [0.717, 1.165) is 11.3 Å². The normalized spacial score (nSPS) is 17.6. The molecule has 1 amide bonds. The molecule has 1 saturated carbocycles. The standard InChI is InChI=1S/C28H31NO4S2/c1-3-15-29-27(30)26(35-28(29)34)19-20-9-14-24(25(18-20)31-2)33-17-16-32-23-12-10-22(11-13-23)21-7-5-4-6-8-21/h3,9-14,18-19,21H,1,4-8,15-17H2,2H3/b26-19-. The highest BCUT2D eigenvalue weighted by Crippen LogP contribution is 2.35. The number of benzene rings is 2. The summed E-state index contributed by atoms with van der Waals surface area (Å²) in [6.45, 7) is 4.91. The molecule has 0 N–H and O–H groups in total. The number of amides is 1. The van der Waals surface area contributed by atoms with E-state index in [-0.39, 0.29) is 5.91 Å². The van der Waals surface area contributed by atoms with E-state index >= 15 is 0 Å². The van der Waals surface area contributed by atoms with Crippen LogP contribution in [-0.4, -0.2) is 42.0 Å².